The molecule has 1 N–H and O–H groups in total. The second-order valence-electron chi connectivity index (χ2n) is 3.48. The van der Waals surface area contributed by atoms with Crippen LogP contribution in [0.5, 0.6) is 0 Å². The van der Waals surface area contributed by atoms with Crippen molar-refractivity contribution in [2.45, 2.75) is 26.7 Å². The maximum Gasteiger partial charge on any atom is 0.283 e. The molecule has 1 rings (SSSR count). The standard InChI is InChI=1S/C12H17NOS/c1-3-4-8-15-12(14)13-11-7-5-6-10(2)9-11/h5-7,9H,3-4,8H2,1-2H3,(H,13,14). The lowest BCUT2D eigenvalue weighted by atomic mass is 10.2. The number of anilines is 1. The summed E-state index contributed by atoms with van der Waals surface area (Å²) in [5.74, 6) is 0.897. The van der Waals surface area contributed by atoms with Crippen molar-refractivity contribution in [3.63, 3.8) is 0 Å². The Kier molecular flexibility index (Phi) is 5.26. The van der Waals surface area contributed by atoms with E-state index in [-0.39, 0.29) is 5.24 Å². The Bertz CT molecular complexity index is 325. The lowest BCUT2D eigenvalue weighted by Gasteiger charge is -2.04. The van der Waals surface area contributed by atoms with E-state index >= 15 is 0 Å². The molecule has 2 nitrogen and oxygen atoms in total. The molecule has 0 saturated carbocycles. The fraction of sp³-hybridized carbons (Fsp3) is 0.417. The molecule has 0 aliphatic carbocycles. The molecule has 3 heteroatoms. The molecule has 0 aromatic heterocycles. The van der Waals surface area contributed by atoms with Gasteiger partial charge in [0.15, 0.2) is 0 Å². The van der Waals surface area contributed by atoms with Gasteiger partial charge in [-0.3, -0.25) is 4.79 Å². The number of thioether (sulfide) groups is 1. The van der Waals surface area contributed by atoms with Gasteiger partial charge >= 0.3 is 0 Å². The maximum atomic E-state index is 11.5. The minimum atomic E-state index is 0.0362. The smallest absolute Gasteiger partial charge is 0.283 e. The van der Waals surface area contributed by atoms with Crippen LogP contribution in [0.15, 0.2) is 24.3 Å². The summed E-state index contributed by atoms with van der Waals surface area (Å²) in [5, 5.41) is 2.90. The van der Waals surface area contributed by atoms with Crippen molar-refractivity contribution in [1.29, 1.82) is 0 Å². The van der Waals surface area contributed by atoms with Crippen LogP contribution >= 0.6 is 11.8 Å². The SMILES string of the molecule is CCCCSC(=O)Nc1cccc(C)c1. The second-order valence-corrected chi connectivity index (χ2v) is 4.55. The Morgan fingerprint density at radius 1 is 1.47 bits per heavy atom. The van der Waals surface area contributed by atoms with Gasteiger partial charge in [-0.1, -0.05) is 37.2 Å². The van der Waals surface area contributed by atoms with E-state index in [0.717, 1.165) is 29.8 Å². The lowest BCUT2D eigenvalue weighted by Crippen LogP contribution is -2.05. The molecular formula is C12H17NOS. The van der Waals surface area contributed by atoms with Crippen molar-refractivity contribution < 1.29 is 4.79 Å². The topological polar surface area (TPSA) is 29.1 Å². The van der Waals surface area contributed by atoms with Crippen LogP contribution in [0.2, 0.25) is 0 Å². The first-order valence-corrected chi connectivity index (χ1v) is 6.21. The first-order chi connectivity index (χ1) is 7.22. The molecule has 0 bridgehead atoms. The van der Waals surface area contributed by atoms with E-state index in [1.165, 1.54) is 11.8 Å². The van der Waals surface area contributed by atoms with Gasteiger partial charge in [0.25, 0.3) is 5.24 Å². The number of unbranched alkanes of at least 4 members (excludes halogenated alkanes) is 1. The van der Waals surface area contributed by atoms with Crippen molar-refractivity contribution in [1.82, 2.24) is 0 Å². The average molecular weight is 223 g/mol. The highest BCUT2D eigenvalue weighted by atomic mass is 32.2. The molecule has 0 spiro atoms. The Labute approximate surface area is 95.5 Å². The third kappa shape index (κ3) is 4.88. The van der Waals surface area contributed by atoms with Gasteiger partial charge in [0.2, 0.25) is 0 Å². The van der Waals surface area contributed by atoms with Crippen molar-refractivity contribution in [3.05, 3.63) is 29.8 Å². The summed E-state index contributed by atoms with van der Waals surface area (Å²) in [4.78, 5) is 11.5. The molecule has 0 atom stereocenters. The maximum absolute atomic E-state index is 11.5. The van der Waals surface area contributed by atoms with Crippen LogP contribution < -0.4 is 5.32 Å². The lowest BCUT2D eigenvalue weighted by molar-refractivity contribution is 0.270. The molecule has 0 saturated heterocycles. The number of hydrogen-bond acceptors (Lipinski definition) is 2. The van der Waals surface area contributed by atoms with Gasteiger partial charge in [-0.05, 0) is 31.0 Å². The molecule has 1 aromatic rings. The highest BCUT2D eigenvalue weighted by Crippen LogP contribution is 2.14. The molecule has 1 amide bonds. The van der Waals surface area contributed by atoms with Gasteiger partial charge in [0.05, 0.1) is 0 Å². The molecule has 0 unspecified atom stereocenters. The summed E-state index contributed by atoms with van der Waals surface area (Å²) < 4.78 is 0. The van der Waals surface area contributed by atoms with Crippen molar-refractivity contribution in [3.8, 4) is 0 Å². The summed E-state index contributed by atoms with van der Waals surface area (Å²) in [6.07, 6.45) is 2.22. The summed E-state index contributed by atoms with van der Waals surface area (Å²) in [5.41, 5.74) is 2.04. The summed E-state index contributed by atoms with van der Waals surface area (Å²) >= 11 is 1.35. The number of rotatable bonds is 4. The second kappa shape index (κ2) is 6.51. The zero-order valence-electron chi connectivity index (χ0n) is 9.25. The van der Waals surface area contributed by atoms with E-state index in [1.54, 1.807) is 0 Å². The quantitative estimate of drug-likeness (QED) is 0.780. The molecule has 0 aliphatic heterocycles. The van der Waals surface area contributed by atoms with E-state index in [1.807, 2.05) is 31.2 Å². The minimum absolute atomic E-state index is 0.0362. The van der Waals surface area contributed by atoms with Crippen LogP contribution in [-0.2, 0) is 0 Å². The first kappa shape index (κ1) is 12.1. The van der Waals surface area contributed by atoms with Gasteiger partial charge in [0, 0.05) is 11.4 Å². The number of carbonyl (C=O) groups is 1. The molecule has 0 radical (unpaired) electrons. The summed E-state index contributed by atoms with van der Waals surface area (Å²) in [7, 11) is 0. The molecule has 15 heavy (non-hydrogen) atoms. The Hall–Kier alpha value is -0.960. The van der Waals surface area contributed by atoms with E-state index in [2.05, 4.69) is 12.2 Å². The van der Waals surface area contributed by atoms with Crippen molar-refractivity contribution in [2.24, 2.45) is 0 Å². The number of hydrogen-bond donors (Lipinski definition) is 1. The molecule has 1 aromatic carbocycles. The van der Waals surface area contributed by atoms with Gasteiger partial charge in [-0.2, -0.15) is 0 Å². The molecule has 82 valence electrons. The third-order valence-electron chi connectivity index (χ3n) is 2.00. The van der Waals surface area contributed by atoms with E-state index < -0.39 is 0 Å². The first-order valence-electron chi connectivity index (χ1n) is 5.23. The predicted molar refractivity (Wildman–Crippen MR) is 67.6 cm³/mol. The Morgan fingerprint density at radius 2 is 2.27 bits per heavy atom. The number of nitrogens with one attached hydrogen (secondary N) is 1. The third-order valence-corrected chi connectivity index (χ3v) is 2.85. The highest BCUT2D eigenvalue weighted by Gasteiger charge is 2.01. The predicted octanol–water partition coefficient (Wildman–Crippen LogP) is 4.06. The summed E-state index contributed by atoms with van der Waals surface area (Å²) in [6.45, 7) is 4.14. The monoisotopic (exact) mass is 223 g/mol. The summed E-state index contributed by atoms with van der Waals surface area (Å²) in [6, 6.07) is 7.84. The normalized spacial score (nSPS) is 10.0. The van der Waals surface area contributed by atoms with Crippen molar-refractivity contribution >= 4 is 22.7 Å². The van der Waals surface area contributed by atoms with Crippen LogP contribution in [0.4, 0.5) is 10.5 Å². The zero-order chi connectivity index (χ0) is 11.1. The van der Waals surface area contributed by atoms with Crippen LogP contribution in [0.1, 0.15) is 25.3 Å². The number of amides is 1. The van der Waals surface area contributed by atoms with Gasteiger partial charge in [-0.25, -0.2) is 0 Å². The van der Waals surface area contributed by atoms with Crippen molar-refractivity contribution in [2.75, 3.05) is 11.1 Å². The fourth-order valence-corrected chi connectivity index (χ4v) is 1.99. The van der Waals surface area contributed by atoms with Gasteiger partial charge < -0.3 is 5.32 Å². The zero-order valence-corrected chi connectivity index (χ0v) is 10.1. The average Bonchev–Trinajstić information content (AvgIpc) is 2.18. The fourth-order valence-electron chi connectivity index (χ4n) is 1.19. The molecule has 0 heterocycles. The minimum Gasteiger partial charge on any atom is -0.317 e. The van der Waals surface area contributed by atoms with Crippen LogP contribution in [0, 0.1) is 6.92 Å². The van der Waals surface area contributed by atoms with E-state index in [4.69, 9.17) is 0 Å². The van der Waals surface area contributed by atoms with Crippen LogP contribution in [-0.4, -0.2) is 11.0 Å². The Balaban J connectivity index is 2.37. The number of benzene rings is 1. The number of aryl methyl sites for hydroxylation is 1. The Morgan fingerprint density at radius 3 is 2.93 bits per heavy atom. The molecular weight excluding hydrogens is 206 g/mol. The van der Waals surface area contributed by atoms with Gasteiger partial charge in [0.1, 0.15) is 0 Å². The molecule has 0 aliphatic rings. The van der Waals surface area contributed by atoms with E-state index in [0.29, 0.717) is 0 Å². The van der Waals surface area contributed by atoms with Crippen LogP contribution in [0.3, 0.4) is 0 Å². The van der Waals surface area contributed by atoms with Gasteiger partial charge in [-0.15, -0.1) is 0 Å². The van der Waals surface area contributed by atoms with Crippen LogP contribution in [0.25, 0.3) is 0 Å². The number of carbonyl (C=O) groups excluding carboxylic acids is 1. The molecule has 0 fully saturated rings. The van der Waals surface area contributed by atoms with E-state index in [9.17, 15) is 4.79 Å². The largest absolute Gasteiger partial charge is 0.317 e. The highest BCUT2D eigenvalue weighted by molar-refractivity contribution is 8.13.